The Balaban J connectivity index is 1.69. The number of aromatic nitrogens is 1. The van der Waals surface area contributed by atoms with Crippen LogP contribution in [0.15, 0.2) is 24.3 Å². The number of aryl methyl sites for hydroxylation is 1. The number of anilines is 2. The Hall–Kier alpha value is -2.41. The Morgan fingerprint density at radius 3 is 2.78 bits per heavy atom. The van der Waals surface area contributed by atoms with Crippen molar-refractivity contribution in [1.82, 2.24) is 9.88 Å². The molecule has 2 N–H and O–H groups in total. The molecule has 0 unspecified atom stereocenters. The number of nitrogens with one attached hydrogen (secondary N) is 2. The summed E-state index contributed by atoms with van der Waals surface area (Å²) in [6, 6.07) is 7.59. The van der Waals surface area contributed by atoms with Crippen molar-refractivity contribution < 1.29 is 9.59 Å². The highest BCUT2D eigenvalue weighted by Crippen LogP contribution is 2.28. The monoisotopic (exact) mass is 330 g/mol. The highest BCUT2D eigenvalue weighted by atomic mass is 32.1. The van der Waals surface area contributed by atoms with Gasteiger partial charge in [0.05, 0.1) is 12.2 Å². The third-order valence-electron chi connectivity index (χ3n) is 3.69. The van der Waals surface area contributed by atoms with Crippen LogP contribution in [-0.2, 0) is 17.8 Å². The lowest BCUT2D eigenvalue weighted by Gasteiger charge is -2.26. The highest BCUT2D eigenvalue weighted by molar-refractivity contribution is 7.15. The minimum atomic E-state index is -0.134. The number of benzene rings is 1. The number of urea groups is 1. The molecule has 0 aliphatic carbocycles. The molecule has 0 bridgehead atoms. The van der Waals surface area contributed by atoms with E-state index < -0.39 is 0 Å². The molecule has 0 saturated heterocycles. The fourth-order valence-electron chi connectivity index (χ4n) is 2.48. The van der Waals surface area contributed by atoms with Crippen LogP contribution in [0.4, 0.5) is 15.6 Å². The van der Waals surface area contributed by atoms with E-state index >= 15 is 0 Å². The van der Waals surface area contributed by atoms with Crippen LogP contribution in [0.5, 0.6) is 0 Å². The predicted octanol–water partition coefficient (Wildman–Crippen LogP) is 3.00. The summed E-state index contributed by atoms with van der Waals surface area (Å²) in [5.41, 5.74) is 2.83. The van der Waals surface area contributed by atoms with Gasteiger partial charge in [-0.25, -0.2) is 9.78 Å². The van der Waals surface area contributed by atoms with Gasteiger partial charge in [-0.15, -0.1) is 0 Å². The molecule has 23 heavy (non-hydrogen) atoms. The van der Waals surface area contributed by atoms with Crippen molar-refractivity contribution in [3.8, 4) is 0 Å². The average Bonchev–Trinajstić information content (AvgIpc) is 2.89. The fourth-order valence-corrected chi connectivity index (χ4v) is 3.55. The molecule has 1 aliphatic rings. The lowest BCUT2D eigenvalue weighted by molar-refractivity contribution is -0.114. The van der Waals surface area contributed by atoms with E-state index in [1.165, 1.54) is 18.3 Å². The van der Waals surface area contributed by atoms with Crippen LogP contribution in [0.25, 0.3) is 0 Å². The van der Waals surface area contributed by atoms with Crippen molar-refractivity contribution in [2.24, 2.45) is 0 Å². The third-order valence-corrected chi connectivity index (χ3v) is 4.69. The number of carbonyl (C=O) groups is 2. The number of para-hydroxylation sites is 1. The first kappa shape index (κ1) is 15.5. The topological polar surface area (TPSA) is 74.3 Å². The summed E-state index contributed by atoms with van der Waals surface area (Å²) in [6.45, 7) is 4.56. The quantitative estimate of drug-likeness (QED) is 0.889. The molecule has 0 radical (unpaired) electrons. The maximum Gasteiger partial charge on any atom is 0.322 e. The van der Waals surface area contributed by atoms with Gasteiger partial charge in [0.15, 0.2) is 5.13 Å². The summed E-state index contributed by atoms with van der Waals surface area (Å²) >= 11 is 1.43. The number of rotatable bonds is 2. The van der Waals surface area contributed by atoms with Crippen LogP contribution < -0.4 is 10.6 Å². The van der Waals surface area contributed by atoms with Gasteiger partial charge < -0.3 is 15.5 Å². The van der Waals surface area contributed by atoms with E-state index in [4.69, 9.17) is 0 Å². The van der Waals surface area contributed by atoms with E-state index in [0.29, 0.717) is 24.6 Å². The van der Waals surface area contributed by atoms with Crippen molar-refractivity contribution in [3.05, 3.63) is 40.4 Å². The van der Waals surface area contributed by atoms with Gasteiger partial charge in [0.2, 0.25) is 5.91 Å². The molecule has 0 spiro atoms. The van der Waals surface area contributed by atoms with Gasteiger partial charge in [-0.05, 0) is 18.6 Å². The summed E-state index contributed by atoms with van der Waals surface area (Å²) in [6.07, 6.45) is 0.701. The van der Waals surface area contributed by atoms with Crippen molar-refractivity contribution in [2.75, 3.05) is 17.2 Å². The van der Waals surface area contributed by atoms with E-state index in [2.05, 4.69) is 15.6 Å². The number of fused-ring (bicyclic) bond motifs is 1. The molecule has 7 heteroatoms. The van der Waals surface area contributed by atoms with Crippen molar-refractivity contribution >= 4 is 34.1 Å². The molecule has 6 nitrogen and oxygen atoms in total. The van der Waals surface area contributed by atoms with Crippen LogP contribution in [-0.4, -0.2) is 28.4 Å². The van der Waals surface area contributed by atoms with E-state index in [9.17, 15) is 9.59 Å². The maximum atomic E-state index is 12.4. The molecule has 120 valence electrons. The molecule has 1 aliphatic heterocycles. The summed E-state index contributed by atoms with van der Waals surface area (Å²) in [5, 5.41) is 6.25. The van der Waals surface area contributed by atoms with E-state index in [1.807, 2.05) is 31.2 Å². The van der Waals surface area contributed by atoms with Crippen LogP contribution >= 0.6 is 11.3 Å². The smallest absolute Gasteiger partial charge is 0.319 e. The number of hydrogen-bond donors (Lipinski definition) is 2. The Morgan fingerprint density at radius 2 is 2.04 bits per heavy atom. The Morgan fingerprint density at radius 1 is 1.26 bits per heavy atom. The number of nitrogens with zero attached hydrogens (tertiary/aromatic N) is 2. The Kier molecular flexibility index (Phi) is 4.29. The van der Waals surface area contributed by atoms with Gasteiger partial charge in [0, 0.05) is 30.5 Å². The molecule has 2 heterocycles. The molecule has 0 atom stereocenters. The lowest BCUT2D eigenvalue weighted by atomic mass is 10.2. The largest absolute Gasteiger partial charge is 0.322 e. The summed E-state index contributed by atoms with van der Waals surface area (Å²) in [5.74, 6) is -0.134. The van der Waals surface area contributed by atoms with Gasteiger partial charge >= 0.3 is 6.03 Å². The summed E-state index contributed by atoms with van der Waals surface area (Å²) < 4.78 is 0. The van der Waals surface area contributed by atoms with Gasteiger partial charge in [0.1, 0.15) is 0 Å². The average molecular weight is 330 g/mol. The molecule has 3 rings (SSSR count). The van der Waals surface area contributed by atoms with Crippen LogP contribution in [0.2, 0.25) is 0 Å². The Bertz CT molecular complexity index is 756. The zero-order valence-electron chi connectivity index (χ0n) is 13.0. The first-order valence-corrected chi connectivity index (χ1v) is 8.22. The number of hydrogen-bond acceptors (Lipinski definition) is 4. The van der Waals surface area contributed by atoms with E-state index in [1.54, 1.807) is 4.90 Å². The van der Waals surface area contributed by atoms with Gasteiger partial charge in [-0.3, -0.25) is 4.79 Å². The molecular weight excluding hydrogens is 312 g/mol. The standard InChI is InChI=1S/C16H18N4O2S/c1-10-5-3-4-6-12(10)19-16(22)20-8-7-13-14(9-20)23-15(18-13)17-11(2)21/h3-6H,7-9H2,1-2H3,(H,19,22)(H,17,18,21). The highest BCUT2D eigenvalue weighted by Gasteiger charge is 2.24. The lowest BCUT2D eigenvalue weighted by Crippen LogP contribution is -2.38. The SMILES string of the molecule is CC(=O)Nc1nc2c(s1)CN(C(=O)Nc1ccccc1C)CC2. The molecule has 2 aromatic rings. The summed E-state index contributed by atoms with van der Waals surface area (Å²) in [7, 11) is 0. The zero-order valence-corrected chi connectivity index (χ0v) is 13.9. The second-order valence-corrected chi connectivity index (χ2v) is 6.57. The number of thiazole rings is 1. The molecule has 3 amide bonds. The van der Waals surface area contributed by atoms with Crippen LogP contribution in [0.3, 0.4) is 0 Å². The molecule has 0 saturated carbocycles. The van der Waals surface area contributed by atoms with Crippen LogP contribution in [0.1, 0.15) is 23.1 Å². The maximum absolute atomic E-state index is 12.4. The molecule has 1 aromatic heterocycles. The van der Waals surface area contributed by atoms with Crippen molar-refractivity contribution in [1.29, 1.82) is 0 Å². The Labute approximate surface area is 138 Å². The van der Waals surface area contributed by atoms with Gasteiger partial charge in [0.25, 0.3) is 0 Å². The van der Waals surface area contributed by atoms with E-state index in [0.717, 1.165) is 21.8 Å². The van der Waals surface area contributed by atoms with E-state index in [-0.39, 0.29) is 11.9 Å². The fraction of sp³-hybridized carbons (Fsp3) is 0.312. The number of amides is 3. The van der Waals surface area contributed by atoms with Crippen molar-refractivity contribution in [2.45, 2.75) is 26.8 Å². The minimum absolute atomic E-state index is 0.112. The first-order valence-electron chi connectivity index (χ1n) is 7.40. The zero-order chi connectivity index (χ0) is 16.4. The second-order valence-electron chi connectivity index (χ2n) is 5.49. The van der Waals surface area contributed by atoms with Gasteiger partial charge in [-0.2, -0.15) is 0 Å². The number of carbonyl (C=O) groups excluding carboxylic acids is 2. The molecular formula is C16H18N4O2S. The second kappa shape index (κ2) is 6.37. The molecule has 0 fully saturated rings. The minimum Gasteiger partial charge on any atom is -0.319 e. The predicted molar refractivity (Wildman–Crippen MR) is 90.7 cm³/mol. The third kappa shape index (κ3) is 3.50. The van der Waals surface area contributed by atoms with Gasteiger partial charge in [-0.1, -0.05) is 29.5 Å². The normalized spacial score (nSPS) is 13.4. The molecule has 1 aromatic carbocycles. The van der Waals surface area contributed by atoms with Crippen LogP contribution in [0, 0.1) is 6.92 Å². The summed E-state index contributed by atoms with van der Waals surface area (Å²) in [4.78, 5) is 30.8. The first-order chi connectivity index (χ1) is 11.0. The van der Waals surface area contributed by atoms with Crippen molar-refractivity contribution in [3.63, 3.8) is 0 Å².